The van der Waals surface area contributed by atoms with Gasteiger partial charge in [-0.15, -0.1) is 0 Å². The summed E-state index contributed by atoms with van der Waals surface area (Å²) in [4.78, 5) is 29.0. The van der Waals surface area contributed by atoms with E-state index in [1.807, 2.05) is 0 Å². The van der Waals surface area contributed by atoms with Crippen LogP contribution in [0.3, 0.4) is 0 Å². The van der Waals surface area contributed by atoms with Gasteiger partial charge in [-0.2, -0.15) is 0 Å². The molecule has 7 rings (SSSR count). The quantitative estimate of drug-likeness (QED) is 0.437. The summed E-state index contributed by atoms with van der Waals surface area (Å²) in [6, 6.07) is 16.8. The van der Waals surface area contributed by atoms with Crippen molar-refractivity contribution in [1.82, 2.24) is 0 Å². The van der Waals surface area contributed by atoms with E-state index < -0.39 is 0 Å². The average molecular weight is 447 g/mol. The van der Waals surface area contributed by atoms with Crippen molar-refractivity contribution < 1.29 is 9.59 Å². The van der Waals surface area contributed by atoms with Crippen LogP contribution < -0.4 is 0 Å². The topological polar surface area (TPSA) is 34.1 Å². The van der Waals surface area contributed by atoms with Crippen molar-refractivity contribution in [2.45, 2.75) is 65.2 Å². The van der Waals surface area contributed by atoms with E-state index in [9.17, 15) is 9.59 Å². The zero-order valence-electron chi connectivity index (χ0n) is 20.4. The number of Topliss-reactive ketones (excluding diaryl/α,β-unsaturated/α-hetero) is 2. The number of hydrogen-bond acceptors (Lipinski definition) is 2. The zero-order chi connectivity index (χ0) is 23.7. The molecule has 0 unspecified atom stereocenters. The van der Waals surface area contributed by atoms with Gasteiger partial charge in [0.2, 0.25) is 0 Å². The van der Waals surface area contributed by atoms with E-state index in [2.05, 4.69) is 76.2 Å². The molecule has 3 aromatic carbocycles. The summed E-state index contributed by atoms with van der Waals surface area (Å²) in [6.45, 7) is 8.60. The first-order chi connectivity index (χ1) is 16.6. The summed E-state index contributed by atoms with van der Waals surface area (Å²) < 4.78 is 0. The predicted octanol–water partition coefficient (Wildman–Crippen LogP) is 6.90. The number of carbonyl (C=O) groups is 2. The minimum absolute atomic E-state index is 0.0903. The van der Waals surface area contributed by atoms with E-state index in [0.717, 1.165) is 48.0 Å². The molecule has 0 aromatic heterocycles. The van der Waals surface area contributed by atoms with Gasteiger partial charge in [0, 0.05) is 34.1 Å². The summed E-state index contributed by atoms with van der Waals surface area (Å²) in [5, 5.41) is 0. The Bertz CT molecular complexity index is 1280. The van der Waals surface area contributed by atoms with E-state index in [0.29, 0.717) is 11.1 Å². The van der Waals surface area contributed by atoms with Crippen LogP contribution in [0.15, 0.2) is 59.7 Å². The first-order valence-electron chi connectivity index (χ1n) is 12.8. The van der Waals surface area contributed by atoms with E-state index in [1.54, 1.807) is 0 Å². The van der Waals surface area contributed by atoms with Crippen molar-refractivity contribution in [2.75, 3.05) is 0 Å². The average Bonchev–Trinajstić information content (AvgIpc) is 2.89. The molecule has 0 N–H and O–H groups in total. The third kappa shape index (κ3) is 2.46. The lowest BCUT2D eigenvalue weighted by atomic mass is 9.56. The van der Waals surface area contributed by atoms with Gasteiger partial charge in [0.05, 0.1) is 0 Å². The fraction of sp³-hybridized carbons (Fsp3) is 0.312. The molecule has 2 bridgehead atoms. The molecule has 0 saturated heterocycles. The summed E-state index contributed by atoms with van der Waals surface area (Å²) in [5.41, 5.74) is 12.4. The summed E-state index contributed by atoms with van der Waals surface area (Å²) in [7, 11) is 0. The Morgan fingerprint density at radius 1 is 0.500 bits per heavy atom. The highest BCUT2D eigenvalue weighted by Gasteiger charge is 2.51. The van der Waals surface area contributed by atoms with Crippen molar-refractivity contribution in [2.24, 2.45) is 0 Å². The maximum Gasteiger partial charge on any atom is 0.191 e. The second kappa shape index (κ2) is 7.63. The highest BCUT2D eigenvalue weighted by molar-refractivity contribution is 6.30. The molecule has 0 amide bonds. The first kappa shape index (κ1) is 21.3. The third-order valence-corrected chi connectivity index (χ3v) is 8.41. The fourth-order valence-corrected chi connectivity index (χ4v) is 7.22. The van der Waals surface area contributed by atoms with E-state index >= 15 is 0 Å². The number of carbonyl (C=O) groups excluding carboxylic acids is 2. The minimum Gasteiger partial charge on any atom is -0.289 e. The lowest BCUT2D eigenvalue weighted by Gasteiger charge is -2.45. The van der Waals surface area contributed by atoms with E-state index in [4.69, 9.17) is 0 Å². The number of benzene rings is 3. The Balaban J connectivity index is 1.72. The molecule has 2 nitrogen and oxygen atoms in total. The summed E-state index contributed by atoms with van der Waals surface area (Å²) in [5.74, 6) is -0.148. The predicted molar refractivity (Wildman–Crippen MR) is 136 cm³/mol. The Morgan fingerprint density at radius 2 is 0.794 bits per heavy atom. The van der Waals surface area contributed by atoms with Crippen LogP contribution in [-0.2, 0) is 25.7 Å². The summed E-state index contributed by atoms with van der Waals surface area (Å²) in [6.07, 6.45) is 3.31. The Kier molecular flexibility index (Phi) is 4.78. The monoisotopic (exact) mass is 446 g/mol. The molecular weight excluding hydrogens is 416 g/mol. The molecule has 34 heavy (non-hydrogen) atoms. The molecule has 4 aliphatic carbocycles. The van der Waals surface area contributed by atoms with E-state index in [1.165, 1.54) is 33.4 Å². The van der Waals surface area contributed by atoms with Crippen LogP contribution in [0.2, 0.25) is 0 Å². The van der Waals surface area contributed by atoms with Crippen LogP contribution in [0.25, 0.3) is 0 Å². The number of ketones is 2. The normalized spacial score (nSPS) is 19.6. The van der Waals surface area contributed by atoms with Crippen LogP contribution in [-0.4, -0.2) is 11.6 Å². The Labute approximate surface area is 201 Å². The second-order valence-electron chi connectivity index (χ2n) is 9.69. The van der Waals surface area contributed by atoms with Gasteiger partial charge in [-0.25, -0.2) is 0 Å². The van der Waals surface area contributed by atoms with Crippen LogP contribution in [0.5, 0.6) is 0 Å². The maximum atomic E-state index is 14.5. The summed E-state index contributed by atoms with van der Waals surface area (Å²) >= 11 is 0. The maximum absolute atomic E-state index is 14.5. The molecule has 0 spiro atoms. The molecule has 0 saturated carbocycles. The van der Waals surface area contributed by atoms with Crippen molar-refractivity contribution in [3.8, 4) is 0 Å². The SMILES string of the molecule is CCc1c(CC)c(CC)c2c(c1CC)C(=O)C1=C(C2=O)C2c3ccccc3C1c1ccccc12. The van der Waals surface area contributed by atoms with Crippen molar-refractivity contribution in [3.63, 3.8) is 0 Å². The fourth-order valence-electron chi connectivity index (χ4n) is 7.22. The Hall–Kier alpha value is -3.26. The van der Waals surface area contributed by atoms with Gasteiger partial charge >= 0.3 is 0 Å². The number of allylic oxidation sites excluding steroid dienone is 2. The molecule has 2 heteroatoms. The van der Waals surface area contributed by atoms with Gasteiger partial charge in [0.15, 0.2) is 11.6 Å². The lowest BCUT2D eigenvalue weighted by Crippen LogP contribution is -2.39. The standard InChI is InChI=1S/C32H30O2/c1-5-17-18(6-2)20(8-4)28-27(19(17)7-3)31(33)29-25-21-13-9-11-15-23(21)26(30(29)32(28)34)24-16-12-10-14-22(24)25/h9-16,25-26H,5-8H2,1-4H3. The molecule has 0 radical (unpaired) electrons. The van der Waals surface area contributed by atoms with Crippen molar-refractivity contribution in [1.29, 1.82) is 0 Å². The lowest BCUT2D eigenvalue weighted by molar-refractivity contribution is 0.0961. The molecule has 0 fully saturated rings. The highest BCUT2D eigenvalue weighted by Crippen LogP contribution is 2.58. The molecule has 0 heterocycles. The van der Waals surface area contributed by atoms with Crippen molar-refractivity contribution >= 4 is 11.6 Å². The van der Waals surface area contributed by atoms with Gasteiger partial charge in [0.1, 0.15) is 0 Å². The van der Waals surface area contributed by atoms with Gasteiger partial charge < -0.3 is 0 Å². The van der Waals surface area contributed by atoms with Gasteiger partial charge in [-0.3, -0.25) is 9.59 Å². The number of rotatable bonds is 4. The first-order valence-corrected chi connectivity index (χ1v) is 12.8. The second-order valence-corrected chi connectivity index (χ2v) is 9.69. The van der Waals surface area contributed by atoms with E-state index in [-0.39, 0.29) is 23.4 Å². The smallest absolute Gasteiger partial charge is 0.191 e. The third-order valence-electron chi connectivity index (χ3n) is 8.41. The number of hydrogen-bond donors (Lipinski definition) is 0. The van der Waals surface area contributed by atoms with Gasteiger partial charge in [-0.05, 0) is 70.2 Å². The number of fused-ring (bicyclic) bond motifs is 1. The van der Waals surface area contributed by atoms with Gasteiger partial charge in [0.25, 0.3) is 0 Å². The minimum atomic E-state index is -0.164. The van der Waals surface area contributed by atoms with Crippen molar-refractivity contribution in [3.05, 3.63) is 115 Å². The highest BCUT2D eigenvalue weighted by atomic mass is 16.1. The molecule has 0 aliphatic heterocycles. The Morgan fingerprint density at radius 3 is 1.06 bits per heavy atom. The zero-order valence-corrected chi connectivity index (χ0v) is 20.4. The van der Waals surface area contributed by atoms with Gasteiger partial charge in [-0.1, -0.05) is 76.2 Å². The van der Waals surface area contributed by atoms with Crippen LogP contribution in [0.1, 0.15) is 105 Å². The molecular formula is C32H30O2. The molecule has 3 aromatic rings. The van der Waals surface area contributed by atoms with Crippen LogP contribution in [0.4, 0.5) is 0 Å². The molecule has 0 atom stereocenters. The largest absolute Gasteiger partial charge is 0.289 e. The molecule has 4 aliphatic rings. The van der Waals surface area contributed by atoms with Crippen LogP contribution >= 0.6 is 0 Å². The molecule has 170 valence electrons. The van der Waals surface area contributed by atoms with Crippen LogP contribution in [0, 0.1) is 0 Å².